The summed E-state index contributed by atoms with van der Waals surface area (Å²) < 4.78 is 5.07. The molecule has 1 aliphatic carbocycles. The molecule has 2 N–H and O–H groups in total. The average molecular weight is 411 g/mol. The number of hydrogen-bond acceptors (Lipinski definition) is 5. The number of rotatable bonds is 15. The summed E-state index contributed by atoms with van der Waals surface area (Å²) in [5.74, 6) is -0.251. The van der Waals surface area contributed by atoms with E-state index in [0.717, 1.165) is 57.8 Å². The van der Waals surface area contributed by atoms with Crippen molar-refractivity contribution in [3.63, 3.8) is 0 Å². The molecule has 5 nitrogen and oxygen atoms in total. The van der Waals surface area contributed by atoms with Crippen LogP contribution in [0.15, 0.2) is 12.2 Å². The lowest BCUT2D eigenvalue weighted by atomic mass is 9.87. The Hall–Kier alpha value is -1.20. The van der Waals surface area contributed by atoms with Crippen molar-refractivity contribution in [2.45, 2.75) is 110 Å². The molecule has 0 spiro atoms. The third-order valence-corrected chi connectivity index (χ3v) is 5.83. The van der Waals surface area contributed by atoms with Gasteiger partial charge < -0.3 is 14.9 Å². The summed E-state index contributed by atoms with van der Waals surface area (Å²) in [6, 6.07) is 0. The highest BCUT2D eigenvalue weighted by Gasteiger charge is 2.39. The van der Waals surface area contributed by atoms with E-state index in [0.29, 0.717) is 19.4 Å². The molecule has 1 fully saturated rings. The van der Waals surface area contributed by atoms with Crippen LogP contribution in [0.3, 0.4) is 0 Å². The van der Waals surface area contributed by atoms with Crippen molar-refractivity contribution >= 4 is 11.8 Å². The first-order chi connectivity index (χ1) is 13.8. The zero-order valence-electron chi connectivity index (χ0n) is 18.7. The van der Waals surface area contributed by atoms with Crippen LogP contribution in [0, 0.1) is 11.8 Å². The first-order valence-electron chi connectivity index (χ1n) is 11.6. The highest BCUT2D eigenvalue weighted by molar-refractivity contribution is 5.84. The molecule has 0 saturated heterocycles. The summed E-state index contributed by atoms with van der Waals surface area (Å²) in [7, 11) is 0. The fourth-order valence-corrected chi connectivity index (χ4v) is 4.01. The summed E-state index contributed by atoms with van der Waals surface area (Å²) in [5.41, 5.74) is -0.728. The van der Waals surface area contributed by atoms with E-state index in [2.05, 4.69) is 6.92 Å². The number of carbonyl (C=O) groups is 2. The molecule has 168 valence electrons. The van der Waals surface area contributed by atoms with Crippen molar-refractivity contribution in [3.8, 4) is 0 Å². The maximum atomic E-state index is 12.3. The van der Waals surface area contributed by atoms with E-state index in [9.17, 15) is 19.8 Å². The molecule has 0 radical (unpaired) electrons. The number of ketones is 1. The van der Waals surface area contributed by atoms with Gasteiger partial charge in [-0.25, -0.2) is 0 Å². The summed E-state index contributed by atoms with van der Waals surface area (Å²) in [6.07, 6.45) is 12.6. The van der Waals surface area contributed by atoms with Crippen LogP contribution in [-0.2, 0) is 14.3 Å². The average Bonchev–Trinajstić information content (AvgIpc) is 2.94. The molecule has 0 bridgehead atoms. The summed E-state index contributed by atoms with van der Waals surface area (Å²) in [5, 5.41) is 20.7. The van der Waals surface area contributed by atoms with Crippen LogP contribution < -0.4 is 0 Å². The largest absolute Gasteiger partial charge is 0.466 e. The number of hydrogen-bond donors (Lipinski definition) is 2. The third kappa shape index (κ3) is 10.4. The molecule has 0 aromatic carbocycles. The van der Waals surface area contributed by atoms with Gasteiger partial charge in [0.05, 0.1) is 18.3 Å². The third-order valence-electron chi connectivity index (χ3n) is 5.83. The Morgan fingerprint density at radius 1 is 1.17 bits per heavy atom. The standard InChI is InChI=1S/C24H42O5/c1-4-6-15-24(3,28)16-11-13-20-19(21(25)18-22(20)26)12-9-7-8-10-14-23(27)29-17-5-2/h11,13,19-20,22,26,28H,4-10,12,14-18H2,1-3H3/t19-,20-,22-,24?/m1/s1. The monoisotopic (exact) mass is 410 g/mol. The van der Waals surface area contributed by atoms with E-state index >= 15 is 0 Å². The van der Waals surface area contributed by atoms with Crippen molar-refractivity contribution in [1.82, 2.24) is 0 Å². The van der Waals surface area contributed by atoms with Gasteiger partial charge in [0, 0.05) is 24.7 Å². The molecule has 5 heteroatoms. The molecule has 0 amide bonds. The molecular weight excluding hydrogens is 368 g/mol. The van der Waals surface area contributed by atoms with Gasteiger partial charge in [0.15, 0.2) is 0 Å². The number of Topliss-reactive ketones (excluding diaryl/α,β-unsaturated/α-hetero) is 1. The van der Waals surface area contributed by atoms with Gasteiger partial charge in [-0.2, -0.15) is 0 Å². The molecular formula is C24H42O5. The Balaban J connectivity index is 2.36. The van der Waals surface area contributed by atoms with Crippen LogP contribution in [0.2, 0.25) is 0 Å². The molecule has 0 aliphatic heterocycles. The normalized spacial score (nSPS) is 24.2. The van der Waals surface area contributed by atoms with Crippen LogP contribution in [0.4, 0.5) is 0 Å². The predicted octanol–water partition coefficient (Wildman–Crippen LogP) is 4.73. The first-order valence-corrected chi connectivity index (χ1v) is 11.6. The summed E-state index contributed by atoms with van der Waals surface area (Å²) >= 11 is 0. The zero-order chi connectivity index (χ0) is 21.7. The Kier molecular flexibility index (Phi) is 12.4. The highest BCUT2D eigenvalue weighted by atomic mass is 16.5. The minimum Gasteiger partial charge on any atom is -0.466 e. The summed E-state index contributed by atoms with van der Waals surface area (Å²) in [6.45, 7) is 6.42. The van der Waals surface area contributed by atoms with Crippen molar-refractivity contribution in [3.05, 3.63) is 12.2 Å². The van der Waals surface area contributed by atoms with Crippen molar-refractivity contribution in [2.24, 2.45) is 11.8 Å². The van der Waals surface area contributed by atoms with Gasteiger partial charge in [0.2, 0.25) is 0 Å². The smallest absolute Gasteiger partial charge is 0.305 e. The molecule has 0 aromatic rings. The second-order valence-corrected chi connectivity index (χ2v) is 8.83. The molecule has 1 rings (SSSR count). The Morgan fingerprint density at radius 3 is 2.59 bits per heavy atom. The van der Waals surface area contributed by atoms with E-state index < -0.39 is 11.7 Å². The summed E-state index contributed by atoms with van der Waals surface area (Å²) in [4.78, 5) is 23.8. The van der Waals surface area contributed by atoms with Crippen molar-refractivity contribution < 1.29 is 24.5 Å². The number of carbonyl (C=O) groups excluding carboxylic acids is 2. The van der Waals surface area contributed by atoms with Gasteiger partial charge in [-0.05, 0) is 39.0 Å². The SMILES string of the molecule is CCCCC(C)(O)CC=C[C@H]1[C@H](O)CC(=O)[C@@H]1CCCCCCC(=O)OCCC. The lowest BCUT2D eigenvalue weighted by Crippen LogP contribution is -2.23. The second-order valence-electron chi connectivity index (χ2n) is 8.83. The van der Waals surface area contributed by atoms with E-state index in [1.807, 2.05) is 26.0 Å². The molecule has 4 atom stereocenters. The quantitative estimate of drug-likeness (QED) is 0.232. The van der Waals surface area contributed by atoms with E-state index in [-0.39, 0.29) is 30.0 Å². The minimum absolute atomic E-state index is 0.124. The lowest BCUT2D eigenvalue weighted by molar-refractivity contribution is -0.143. The van der Waals surface area contributed by atoms with Gasteiger partial charge in [-0.1, -0.05) is 58.1 Å². The highest BCUT2D eigenvalue weighted by Crippen LogP contribution is 2.34. The molecule has 1 unspecified atom stereocenters. The number of esters is 1. The van der Waals surface area contributed by atoms with E-state index in [1.165, 1.54) is 0 Å². The van der Waals surface area contributed by atoms with Gasteiger partial charge in [0.25, 0.3) is 0 Å². The zero-order valence-corrected chi connectivity index (χ0v) is 18.7. The Bertz CT molecular complexity index is 511. The fourth-order valence-electron chi connectivity index (χ4n) is 4.01. The van der Waals surface area contributed by atoms with Crippen LogP contribution in [0.1, 0.15) is 97.8 Å². The second kappa shape index (κ2) is 13.9. The van der Waals surface area contributed by atoms with E-state index in [1.54, 1.807) is 0 Å². The van der Waals surface area contributed by atoms with Crippen LogP contribution in [0.25, 0.3) is 0 Å². The van der Waals surface area contributed by atoms with E-state index in [4.69, 9.17) is 4.74 Å². The first kappa shape index (κ1) is 25.8. The van der Waals surface area contributed by atoms with Crippen LogP contribution >= 0.6 is 0 Å². The van der Waals surface area contributed by atoms with Crippen LogP contribution in [0.5, 0.6) is 0 Å². The molecule has 0 aromatic heterocycles. The topological polar surface area (TPSA) is 83.8 Å². The number of aliphatic hydroxyl groups is 2. The molecule has 0 heterocycles. The number of aliphatic hydroxyl groups excluding tert-OH is 1. The molecule has 1 aliphatic rings. The fraction of sp³-hybridized carbons (Fsp3) is 0.833. The van der Waals surface area contributed by atoms with Gasteiger partial charge in [0.1, 0.15) is 5.78 Å². The Morgan fingerprint density at radius 2 is 1.90 bits per heavy atom. The predicted molar refractivity (Wildman–Crippen MR) is 115 cm³/mol. The number of unbranched alkanes of at least 4 members (excludes halogenated alkanes) is 4. The maximum absolute atomic E-state index is 12.3. The van der Waals surface area contributed by atoms with Crippen LogP contribution in [-0.4, -0.2) is 40.3 Å². The molecule has 1 saturated carbocycles. The molecule has 29 heavy (non-hydrogen) atoms. The minimum atomic E-state index is -0.728. The Labute approximate surface area is 176 Å². The van der Waals surface area contributed by atoms with Crippen molar-refractivity contribution in [2.75, 3.05) is 6.61 Å². The number of ether oxygens (including phenoxy) is 1. The maximum Gasteiger partial charge on any atom is 0.305 e. The van der Waals surface area contributed by atoms with Gasteiger partial charge in [-0.15, -0.1) is 0 Å². The van der Waals surface area contributed by atoms with Gasteiger partial charge >= 0.3 is 5.97 Å². The lowest BCUT2D eigenvalue weighted by Gasteiger charge is -2.22. The van der Waals surface area contributed by atoms with Gasteiger partial charge in [-0.3, -0.25) is 9.59 Å². The van der Waals surface area contributed by atoms with Crippen molar-refractivity contribution in [1.29, 1.82) is 0 Å².